The van der Waals surface area contributed by atoms with Crippen LogP contribution < -0.4 is 10.6 Å². The lowest BCUT2D eigenvalue weighted by molar-refractivity contribution is -0.137. The van der Waals surface area contributed by atoms with E-state index in [-0.39, 0.29) is 29.9 Å². The van der Waals surface area contributed by atoms with Crippen LogP contribution in [0.25, 0.3) is 0 Å². The summed E-state index contributed by atoms with van der Waals surface area (Å²) >= 11 is 0. The Labute approximate surface area is 188 Å². The maximum atomic E-state index is 12.9. The molecule has 1 aromatic rings. The zero-order valence-electron chi connectivity index (χ0n) is 17.1. The molecule has 2 N–H and O–H groups in total. The third-order valence-corrected chi connectivity index (χ3v) is 5.81. The van der Waals surface area contributed by atoms with E-state index in [1.165, 1.54) is 25.0 Å². The number of benzene rings is 1. The average Bonchev–Trinajstić information content (AvgIpc) is 3.52. The quantitative estimate of drug-likeness (QED) is 0.325. The van der Waals surface area contributed by atoms with Crippen molar-refractivity contribution in [3.05, 3.63) is 35.4 Å². The highest BCUT2D eigenvalue weighted by atomic mass is 127. The molecule has 2 aliphatic rings. The van der Waals surface area contributed by atoms with E-state index in [0.29, 0.717) is 18.2 Å². The zero-order chi connectivity index (χ0) is 20.1. The summed E-state index contributed by atoms with van der Waals surface area (Å²) in [7, 11) is 1.75. The molecule has 1 heterocycles. The molecule has 8 heteroatoms. The normalized spacial score (nSPS) is 20.1. The Morgan fingerprint density at radius 1 is 1.21 bits per heavy atom. The highest BCUT2D eigenvalue weighted by Gasteiger charge is 2.32. The summed E-state index contributed by atoms with van der Waals surface area (Å²) in [5.41, 5.74) is 0.131. The smallest absolute Gasteiger partial charge is 0.356 e. The molecule has 0 amide bonds. The predicted octanol–water partition coefficient (Wildman–Crippen LogP) is 4.61. The van der Waals surface area contributed by atoms with Crippen molar-refractivity contribution >= 4 is 29.9 Å². The number of rotatable bonds is 6. The van der Waals surface area contributed by atoms with Crippen molar-refractivity contribution in [1.82, 2.24) is 15.5 Å². The van der Waals surface area contributed by atoms with Crippen molar-refractivity contribution < 1.29 is 13.2 Å². The van der Waals surface area contributed by atoms with Gasteiger partial charge in [-0.05, 0) is 49.7 Å². The number of guanidine groups is 1. The molecule has 1 unspecified atom stereocenters. The molecule has 164 valence electrons. The highest BCUT2D eigenvalue weighted by molar-refractivity contribution is 14.0. The molecule has 0 spiro atoms. The van der Waals surface area contributed by atoms with Crippen LogP contribution in [0.2, 0.25) is 0 Å². The standard InChI is InChI=1S/C21H31F3N4.HI/c1-15(16-4-3-5-17(14-16)21(22,23)24)8-11-26-20(25-2)27-18-9-12-28(13-10-18)19-6-7-19;/h3-5,14-15,18-19H,6-13H2,1-2H3,(H2,25,26,27);1H. The predicted molar refractivity (Wildman–Crippen MR) is 122 cm³/mol. The molecule has 1 saturated heterocycles. The number of aliphatic imine (C=N–C) groups is 1. The van der Waals surface area contributed by atoms with Crippen LogP contribution in [0.3, 0.4) is 0 Å². The molecule has 1 saturated carbocycles. The van der Waals surface area contributed by atoms with Crippen LogP contribution in [0.4, 0.5) is 13.2 Å². The summed E-state index contributed by atoms with van der Waals surface area (Å²) in [6.45, 7) is 4.91. The summed E-state index contributed by atoms with van der Waals surface area (Å²) < 4.78 is 38.7. The molecular formula is C21H32F3IN4. The zero-order valence-corrected chi connectivity index (χ0v) is 19.5. The number of halogens is 4. The third-order valence-electron chi connectivity index (χ3n) is 5.81. The van der Waals surface area contributed by atoms with Gasteiger partial charge < -0.3 is 15.5 Å². The lowest BCUT2D eigenvalue weighted by Gasteiger charge is -2.33. The minimum Gasteiger partial charge on any atom is -0.356 e. The molecule has 2 fully saturated rings. The number of nitrogens with one attached hydrogen (secondary N) is 2. The topological polar surface area (TPSA) is 39.7 Å². The van der Waals surface area contributed by atoms with E-state index in [9.17, 15) is 13.2 Å². The summed E-state index contributed by atoms with van der Waals surface area (Å²) in [5.74, 6) is 0.816. The summed E-state index contributed by atoms with van der Waals surface area (Å²) in [4.78, 5) is 6.89. The van der Waals surface area contributed by atoms with E-state index in [1.54, 1.807) is 13.1 Å². The van der Waals surface area contributed by atoms with Crippen LogP contribution >= 0.6 is 24.0 Å². The van der Waals surface area contributed by atoms with Gasteiger partial charge in [0, 0.05) is 38.8 Å². The Kier molecular flexibility index (Phi) is 9.06. The second kappa shape index (κ2) is 10.8. The van der Waals surface area contributed by atoms with Gasteiger partial charge in [-0.1, -0.05) is 25.1 Å². The van der Waals surface area contributed by atoms with E-state index in [1.807, 2.05) is 6.92 Å². The van der Waals surface area contributed by atoms with Crippen molar-refractivity contribution in [1.29, 1.82) is 0 Å². The Balaban J connectivity index is 0.00000300. The molecule has 1 aliphatic heterocycles. The minimum absolute atomic E-state index is 0. The molecular weight excluding hydrogens is 492 g/mol. The Bertz CT molecular complexity index is 668. The van der Waals surface area contributed by atoms with E-state index in [4.69, 9.17) is 0 Å². The van der Waals surface area contributed by atoms with E-state index < -0.39 is 11.7 Å². The van der Waals surface area contributed by atoms with Gasteiger partial charge in [-0.3, -0.25) is 4.99 Å². The van der Waals surface area contributed by atoms with Gasteiger partial charge in [0.05, 0.1) is 5.56 Å². The molecule has 0 aromatic heterocycles. The lowest BCUT2D eigenvalue weighted by atomic mass is 9.96. The third kappa shape index (κ3) is 7.31. The van der Waals surface area contributed by atoms with Gasteiger partial charge in [-0.15, -0.1) is 24.0 Å². The fraction of sp³-hybridized carbons (Fsp3) is 0.667. The van der Waals surface area contributed by atoms with Gasteiger partial charge in [0.1, 0.15) is 0 Å². The Hall–Kier alpha value is -1.03. The first kappa shape index (κ1) is 24.2. The molecule has 1 aliphatic carbocycles. The fourth-order valence-corrected chi connectivity index (χ4v) is 3.83. The van der Waals surface area contributed by atoms with Crippen LogP contribution in [-0.2, 0) is 6.18 Å². The molecule has 1 aromatic carbocycles. The number of hydrogen-bond donors (Lipinski definition) is 2. The maximum absolute atomic E-state index is 12.9. The first-order valence-corrected chi connectivity index (χ1v) is 10.2. The van der Waals surface area contributed by atoms with Gasteiger partial charge in [0.2, 0.25) is 0 Å². The van der Waals surface area contributed by atoms with E-state index in [2.05, 4.69) is 20.5 Å². The van der Waals surface area contributed by atoms with Gasteiger partial charge in [0.15, 0.2) is 5.96 Å². The molecule has 0 radical (unpaired) electrons. The van der Waals surface area contributed by atoms with Crippen molar-refractivity contribution in [3.63, 3.8) is 0 Å². The van der Waals surface area contributed by atoms with Gasteiger partial charge in [-0.2, -0.15) is 13.2 Å². The molecule has 4 nitrogen and oxygen atoms in total. The maximum Gasteiger partial charge on any atom is 0.416 e. The highest BCUT2D eigenvalue weighted by Crippen LogP contribution is 2.31. The van der Waals surface area contributed by atoms with E-state index in [0.717, 1.165) is 50.4 Å². The van der Waals surface area contributed by atoms with Gasteiger partial charge in [0.25, 0.3) is 0 Å². The van der Waals surface area contributed by atoms with Crippen molar-refractivity contribution in [2.45, 2.75) is 63.2 Å². The average molecular weight is 524 g/mol. The summed E-state index contributed by atoms with van der Waals surface area (Å²) in [6.07, 6.45) is 1.39. The second-order valence-electron chi connectivity index (χ2n) is 8.00. The first-order chi connectivity index (χ1) is 13.4. The number of likely N-dealkylation sites (tertiary alicyclic amines) is 1. The lowest BCUT2D eigenvalue weighted by Crippen LogP contribution is -2.49. The summed E-state index contributed by atoms with van der Waals surface area (Å²) in [6, 6.07) is 6.88. The minimum atomic E-state index is -4.30. The van der Waals surface area contributed by atoms with Crippen LogP contribution in [0.15, 0.2) is 29.3 Å². The first-order valence-electron chi connectivity index (χ1n) is 10.2. The molecule has 0 bridgehead atoms. The molecule has 1 atom stereocenters. The van der Waals surface area contributed by atoms with Crippen LogP contribution in [-0.4, -0.2) is 49.6 Å². The number of hydrogen-bond acceptors (Lipinski definition) is 2. The Morgan fingerprint density at radius 3 is 2.48 bits per heavy atom. The monoisotopic (exact) mass is 524 g/mol. The van der Waals surface area contributed by atoms with Crippen LogP contribution in [0, 0.1) is 0 Å². The number of piperidine rings is 1. The SMILES string of the molecule is CN=C(NCCC(C)c1cccc(C(F)(F)F)c1)NC1CCN(C2CC2)CC1.I. The fourth-order valence-electron chi connectivity index (χ4n) is 3.83. The molecule has 29 heavy (non-hydrogen) atoms. The van der Waals surface area contributed by atoms with Crippen molar-refractivity contribution in [3.8, 4) is 0 Å². The van der Waals surface area contributed by atoms with E-state index >= 15 is 0 Å². The Morgan fingerprint density at radius 2 is 1.90 bits per heavy atom. The van der Waals surface area contributed by atoms with Crippen molar-refractivity contribution in [2.24, 2.45) is 4.99 Å². The summed E-state index contributed by atoms with van der Waals surface area (Å²) in [5, 5.41) is 6.80. The number of nitrogens with zero attached hydrogens (tertiary/aromatic N) is 2. The second-order valence-corrected chi connectivity index (χ2v) is 8.00. The molecule has 3 rings (SSSR count). The van der Waals surface area contributed by atoms with Gasteiger partial charge in [-0.25, -0.2) is 0 Å². The van der Waals surface area contributed by atoms with Crippen molar-refractivity contribution in [2.75, 3.05) is 26.7 Å². The van der Waals surface area contributed by atoms with Crippen LogP contribution in [0.5, 0.6) is 0 Å². The van der Waals surface area contributed by atoms with Crippen LogP contribution in [0.1, 0.15) is 56.1 Å². The van der Waals surface area contributed by atoms with Gasteiger partial charge >= 0.3 is 6.18 Å². The number of alkyl halides is 3. The largest absolute Gasteiger partial charge is 0.416 e.